The van der Waals surface area contributed by atoms with Crippen molar-refractivity contribution in [3.8, 4) is 0 Å². The number of nitrogens with one attached hydrogen (secondary N) is 1. The first-order valence-corrected chi connectivity index (χ1v) is 5.43. The summed E-state index contributed by atoms with van der Waals surface area (Å²) in [5.41, 5.74) is 0.551. The van der Waals surface area contributed by atoms with E-state index < -0.39 is 5.97 Å². The van der Waals surface area contributed by atoms with Gasteiger partial charge in [0.25, 0.3) is 0 Å². The molecule has 0 saturated carbocycles. The average molecular weight is 255 g/mol. The molecule has 1 aromatic heterocycles. The van der Waals surface area contributed by atoms with Crippen LogP contribution in [0, 0.1) is 0 Å². The van der Waals surface area contributed by atoms with Gasteiger partial charge in [0.05, 0.1) is 18.4 Å². The molecule has 100 valence electrons. The Morgan fingerprint density at radius 2 is 2.33 bits per heavy atom. The van der Waals surface area contributed by atoms with Crippen molar-refractivity contribution < 1.29 is 19.4 Å². The van der Waals surface area contributed by atoms with Crippen LogP contribution in [0.5, 0.6) is 0 Å². The number of nitrogens with zero attached hydrogens (tertiary/aromatic N) is 2. The predicted octanol–water partition coefficient (Wildman–Crippen LogP) is -0.0742. The summed E-state index contributed by atoms with van der Waals surface area (Å²) in [6.45, 7) is 1.36. The number of rotatable bonds is 8. The van der Waals surface area contributed by atoms with Gasteiger partial charge in [-0.05, 0) is 0 Å². The number of methoxy groups -OCH3 is 2. The van der Waals surface area contributed by atoms with Gasteiger partial charge >= 0.3 is 5.97 Å². The van der Waals surface area contributed by atoms with Gasteiger partial charge in [0.2, 0.25) is 0 Å². The molecule has 7 nitrogen and oxygen atoms in total. The largest absolute Gasteiger partial charge is 0.478 e. The van der Waals surface area contributed by atoms with Crippen molar-refractivity contribution >= 4 is 5.97 Å². The number of hydrogen-bond donors (Lipinski definition) is 2. The Bertz CT molecular complexity index is 386. The van der Waals surface area contributed by atoms with E-state index in [1.54, 1.807) is 14.2 Å². The standard InChI is InChI=1S/C11H17N3O4/c1-17-6-8(18-2)3-12-5-10-9(11(15)16)4-13-7-14-10/h4,7-8,12H,3,5-6H2,1-2H3,(H,15,16). The topological polar surface area (TPSA) is 93.6 Å². The highest BCUT2D eigenvalue weighted by atomic mass is 16.5. The van der Waals surface area contributed by atoms with Crippen LogP contribution in [0.1, 0.15) is 16.1 Å². The van der Waals surface area contributed by atoms with Crippen LogP contribution in [-0.2, 0) is 16.0 Å². The van der Waals surface area contributed by atoms with Gasteiger partial charge in [0.1, 0.15) is 11.9 Å². The summed E-state index contributed by atoms with van der Waals surface area (Å²) in [4.78, 5) is 18.6. The van der Waals surface area contributed by atoms with Gasteiger partial charge in [-0.15, -0.1) is 0 Å². The lowest BCUT2D eigenvalue weighted by molar-refractivity contribution is 0.0287. The van der Waals surface area contributed by atoms with E-state index in [2.05, 4.69) is 15.3 Å². The Hall–Kier alpha value is -1.57. The number of aromatic carboxylic acids is 1. The Morgan fingerprint density at radius 3 is 2.94 bits per heavy atom. The summed E-state index contributed by atoms with van der Waals surface area (Å²) in [6, 6.07) is 0. The van der Waals surface area contributed by atoms with Crippen molar-refractivity contribution in [2.45, 2.75) is 12.6 Å². The minimum absolute atomic E-state index is 0.0786. The first kappa shape index (κ1) is 14.5. The molecule has 0 radical (unpaired) electrons. The van der Waals surface area contributed by atoms with Crippen LogP contribution in [0.3, 0.4) is 0 Å². The summed E-state index contributed by atoms with van der Waals surface area (Å²) in [5, 5.41) is 12.0. The summed E-state index contributed by atoms with van der Waals surface area (Å²) in [5.74, 6) is -1.03. The molecule has 2 N–H and O–H groups in total. The van der Waals surface area contributed by atoms with Gasteiger partial charge < -0.3 is 19.9 Å². The van der Waals surface area contributed by atoms with E-state index in [0.717, 1.165) is 0 Å². The molecule has 1 unspecified atom stereocenters. The summed E-state index contributed by atoms with van der Waals surface area (Å²) >= 11 is 0. The molecule has 0 spiro atoms. The summed E-state index contributed by atoms with van der Waals surface area (Å²) in [7, 11) is 3.19. The molecular weight excluding hydrogens is 238 g/mol. The van der Waals surface area contributed by atoms with Crippen molar-refractivity contribution in [3.05, 3.63) is 23.8 Å². The third kappa shape index (κ3) is 4.36. The van der Waals surface area contributed by atoms with Gasteiger partial charge in [-0.3, -0.25) is 0 Å². The molecule has 0 aromatic carbocycles. The number of carbonyl (C=O) groups is 1. The number of carboxylic acids is 1. The molecule has 0 fully saturated rings. The van der Waals surface area contributed by atoms with E-state index in [1.165, 1.54) is 12.5 Å². The molecule has 0 bridgehead atoms. The highest BCUT2D eigenvalue weighted by Gasteiger charge is 2.12. The molecule has 1 heterocycles. The summed E-state index contributed by atoms with van der Waals surface area (Å²) in [6.07, 6.45) is 2.53. The molecule has 18 heavy (non-hydrogen) atoms. The Kier molecular flexibility index (Phi) is 6.20. The first-order valence-electron chi connectivity index (χ1n) is 5.43. The van der Waals surface area contributed by atoms with E-state index >= 15 is 0 Å². The highest BCUT2D eigenvalue weighted by molar-refractivity contribution is 5.88. The smallest absolute Gasteiger partial charge is 0.339 e. The first-order chi connectivity index (χ1) is 8.69. The lowest BCUT2D eigenvalue weighted by Crippen LogP contribution is -2.32. The third-order valence-electron chi connectivity index (χ3n) is 2.38. The maximum atomic E-state index is 10.9. The van der Waals surface area contributed by atoms with Crippen LogP contribution in [0.4, 0.5) is 0 Å². The zero-order chi connectivity index (χ0) is 13.4. The Balaban J connectivity index is 2.50. The van der Waals surface area contributed by atoms with Crippen LogP contribution in [0.2, 0.25) is 0 Å². The SMILES string of the molecule is COCC(CNCc1ncncc1C(=O)O)OC. The van der Waals surface area contributed by atoms with Gasteiger partial charge in [0.15, 0.2) is 0 Å². The average Bonchev–Trinajstić information content (AvgIpc) is 2.38. The lowest BCUT2D eigenvalue weighted by atomic mass is 10.2. The van der Waals surface area contributed by atoms with E-state index in [0.29, 0.717) is 25.4 Å². The number of hydrogen-bond acceptors (Lipinski definition) is 6. The lowest BCUT2D eigenvalue weighted by Gasteiger charge is -2.15. The Labute approximate surface area is 105 Å². The molecule has 0 amide bonds. The monoisotopic (exact) mass is 255 g/mol. The number of aromatic nitrogens is 2. The van der Waals surface area contributed by atoms with Crippen LogP contribution in [-0.4, -0.2) is 54.5 Å². The van der Waals surface area contributed by atoms with Gasteiger partial charge in [-0.2, -0.15) is 0 Å². The fourth-order valence-electron chi connectivity index (χ4n) is 1.42. The van der Waals surface area contributed by atoms with Gasteiger partial charge in [0, 0.05) is 33.5 Å². The van der Waals surface area contributed by atoms with E-state index in [4.69, 9.17) is 14.6 Å². The van der Waals surface area contributed by atoms with Crippen LogP contribution < -0.4 is 5.32 Å². The molecule has 0 saturated heterocycles. The normalized spacial score (nSPS) is 12.3. The fourth-order valence-corrected chi connectivity index (χ4v) is 1.42. The third-order valence-corrected chi connectivity index (χ3v) is 2.38. The number of ether oxygens (including phenoxy) is 2. The van der Waals surface area contributed by atoms with Gasteiger partial charge in [-0.1, -0.05) is 0 Å². The quantitative estimate of drug-likeness (QED) is 0.671. The molecule has 1 rings (SSSR count). The highest BCUT2D eigenvalue weighted by Crippen LogP contribution is 2.03. The summed E-state index contributed by atoms with van der Waals surface area (Å²) < 4.78 is 10.1. The minimum Gasteiger partial charge on any atom is -0.478 e. The molecule has 0 aliphatic heterocycles. The minimum atomic E-state index is -1.03. The van der Waals surface area contributed by atoms with Crippen LogP contribution in [0.15, 0.2) is 12.5 Å². The van der Waals surface area contributed by atoms with E-state index in [-0.39, 0.29) is 11.7 Å². The number of carboxylic acid groups (broad SMARTS) is 1. The zero-order valence-corrected chi connectivity index (χ0v) is 10.4. The zero-order valence-electron chi connectivity index (χ0n) is 10.4. The second-order valence-electron chi connectivity index (χ2n) is 3.63. The maximum Gasteiger partial charge on any atom is 0.339 e. The molecule has 1 atom stereocenters. The van der Waals surface area contributed by atoms with Crippen molar-refractivity contribution in [1.29, 1.82) is 0 Å². The van der Waals surface area contributed by atoms with Crippen LogP contribution >= 0.6 is 0 Å². The van der Waals surface area contributed by atoms with Gasteiger partial charge in [-0.25, -0.2) is 14.8 Å². The van der Waals surface area contributed by atoms with E-state index in [9.17, 15) is 4.79 Å². The van der Waals surface area contributed by atoms with Crippen molar-refractivity contribution in [1.82, 2.24) is 15.3 Å². The second kappa shape index (κ2) is 7.70. The molecule has 0 aliphatic rings. The fraction of sp³-hybridized carbons (Fsp3) is 0.545. The van der Waals surface area contributed by atoms with E-state index in [1.807, 2.05) is 0 Å². The molecule has 7 heteroatoms. The van der Waals surface area contributed by atoms with Crippen LogP contribution in [0.25, 0.3) is 0 Å². The molecular formula is C11H17N3O4. The maximum absolute atomic E-state index is 10.9. The predicted molar refractivity (Wildman–Crippen MR) is 63.4 cm³/mol. The van der Waals surface area contributed by atoms with Crippen molar-refractivity contribution in [2.75, 3.05) is 27.4 Å². The Morgan fingerprint density at radius 1 is 1.56 bits per heavy atom. The van der Waals surface area contributed by atoms with Crippen molar-refractivity contribution in [3.63, 3.8) is 0 Å². The van der Waals surface area contributed by atoms with Crippen molar-refractivity contribution in [2.24, 2.45) is 0 Å². The molecule has 1 aromatic rings. The molecule has 0 aliphatic carbocycles. The second-order valence-corrected chi connectivity index (χ2v) is 3.63.